The van der Waals surface area contributed by atoms with E-state index in [1.54, 1.807) is 21.6 Å². The number of carbonyl (C=O) groups is 1. The highest BCUT2D eigenvalue weighted by Crippen LogP contribution is 2.34. The number of carbonyl (C=O) groups excluding carboxylic acids is 1. The Labute approximate surface area is 210 Å². The van der Waals surface area contributed by atoms with E-state index < -0.39 is 0 Å². The van der Waals surface area contributed by atoms with Crippen LogP contribution in [-0.2, 0) is 4.79 Å². The van der Waals surface area contributed by atoms with E-state index in [4.69, 9.17) is 17.2 Å². The minimum atomic E-state index is -0.158. The number of piperazine rings is 1. The summed E-state index contributed by atoms with van der Waals surface area (Å²) in [5.74, 6) is 0.541. The fourth-order valence-electron chi connectivity index (χ4n) is 4.41. The summed E-state index contributed by atoms with van der Waals surface area (Å²) in [7, 11) is 0. The number of fused-ring (bicyclic) bond motifs is 1. The van der Waals surface area contributed by atoms with Crippen LogP contribution in [0.3, 0.4) is 0 Å². The summed E-state index contributed by atoms with van der Waals surface area (Å²) in [6.45, 7) is 11.3. The highest BCUT2D eigenvalue weighted by Gasteiger charge is 2.32. The Morgan fingerprint density at radius 2 is 1.85 bits per heavy atom. The molecule has 1 amide bonds. The van der Waals surface area contributed by atoms with Crippen molar-refractivity contribution in [2.24, 2.45) is 0 Å². The van der Waals surface area contributed by atoms with Crippen molar-refractivity contribution in [3.63, 3.8) is 0 Å². The van der Waals surface area contributed by atoms with E-state index in [1.165, 1.54) is 11.8 Å². The quantitative estimate of drug-likeness (QED) is 0.310. The number of hydrogen-bond donors (Lipinski definition) is 0. The van der Waals surface area contributed by atoms with Crippen LogP contribution in [0.25, 0.3) is 11.7 Å². The molecule has 0 saturated carbocycles. The topological polar surface area (TPSA) is 61.2 Å². The van der Waals surface area contributed by atoms with Crippen LogP contribution in [0.15, 0.2) is 28.0 Å². The molecule has 2 aromatic rings. The van der Waals surface area contributed by atoms with Crippen molar-refractivity contribution in [3.8, 4) is 0 Å². The highest BCUT2D eigenvalue weighted by atomic mass is 32.2. The predicted molar refractivity (Wildman–Crippen MR) is 145 cm³/mol. The van der Waals surface area contributed by atoms with Crippen LogP contribution in [0.2, 0.25) is 0 Å². The minimum Gasteiger partial charge on any atom is -0.353 e. The van der Waals surface area contributed by atoms with Crippen LogP contribution < -0.4 is 10.5 Å². The molecule has 0 aromatic carbocycles. The first-order chi connectivity index (χ1) is 16.4. The molecular weight excluding hydrogens is 466 g/mol. The highest BCUT2D eigenvalue weighted by molar-refractivity contribution is 8.26. The number of likely N-dealkylation sites (N-methyl/N-ethyl adjacent to an activating group) is 1. The summed E-state index contributed by atoms with van der Waals surface area (Å²) in [5.41, 5.74) is 1.89. The Kier molecular flexibility index (Phi) is 8.06. The zero-order valence-electron chi connectivity index (χ0n) is 20.2. The molecule has 34 heavy (non-hydrogen) atoms. The van der Waals surface area contributed by atoms with Gasteiger partial charge in [0.1, 0.15) is 15.8 Å². The van der Waals surface area contributed by atoms with Crippen molar-refractivity contribution in [2.75, 3.05) is 44.2 Å². The van der Waals surface area contributed by atoms with Crippen molar-refractivity contribution in [3.05, 3.63) is 44.7 Å². The normalized spacial score (nSPS) is 18.6. The molecule has 2 saturated heterocycles. The van der Waals surface area contributed by atoms with Gasteiger partial charge in [0.2, 0.25) is 0 Å². The fraction of sp³-hybridized carbons (Fsp3) is 0.520. The number of unbranched alkanes of at least 4 members (excludes halogenated alkanes) is 3. The molecule has 2 aromatic heterocycles. The Bertz CT molecular complexity index is 1170. The maximum Gasteiger partial charge on any atom is 0.267 e. The lowest BCUT2D eigenvalue weighted by molar-refractivity contribution is -0.122. The molecular formula is C25H33N5O2S2. The molecule has 9 heteroatoms. The number of aromatic nitrogens is 2. The molecule has 7 nitrogen and oxygen atoms in total. The van der Waals surface area contributed by atoms with Gasteiger partial charge >= 0.3 is 0 Å². The summed E-state index contributed by atoms with van der Waals surface area (Å²) in [5, 5.41) is 0. The van der Waals surface area contributed by atoms with E-state index in [0.717, 1.165) is 64.0 Å². The number of pyridine rings is 1. The Morgan fingerprint density at radius 1 is 1.09 bits per heavy atom. The summed E-state index contributed by atoms with van der Waals surface area (Å²) >= 11 is 6.80. The molecule has 4 rings (SSSR count). The maximum absolute atomic E-state index is 13.6. The predicted octanol–water partition coefficient (Wildman–Crippen LogP) is 3.93. The number of aryl methyl sites for hydroxylation is 1. The smallest absolute Gasteiger partial charge is 0.267 e. The molecule has 0 N–H and O–H groups in total. The van der Waals surface area contributed by atoms with E-state index in [-0.39, 0.29) is 11.5 Å². The van der Waals surface area contributed by atoms with Gasteiger partial charge in [-0.25, -0.2) is 4.98 Å². The monoisotopic (exact) mass is 499 g/mol. The third-order valence-corrected chi connectivity index (χ3v) is 7.87. The lowest BCUT2D eigenvalue weighted by atomic mass is 10.2. The van der Waals surface area contributed by atoms with Crippen molar-refractivity contribution in [1.82, 2.24) is 19.2 Å². The molecule has 0 aliphatic carbocycles. The number of nitrogens with zero attached hydrogens (tertiary/aromatic N) is 5. The van der Waals surface area contributed by atoms with Crippen LogP contribution in [0.1, 0.15) is 50.7 Å². The van der Waals surface area contributed by atoms with E-state index >= 15 is 0 Å². The first-order valence-electron chi connectivity index (χ1n) is 12.2. The first-order valence-corrected chi connectivity index (χ1v) is 13.4. The van der Waals surface area contributed by atoms with E-state index in [1.807, 2.05) is 19.1 Å². The van der Waals surface area contributed by atoms with Gasteiger partial charge in [0.15, 0.2) is 0 Å². The van der Waals surface area contributed by atoms with Crippen molar-refractivity contribution >= 4 is 51.7 Å². The maximum atomic E-state index is 13.6. The van der Waals surface area contributed by atoms with Crippen LogP contribution in [0, 0.1) is 6.92 Å². The van der Waals surface area contributed by atoms with E-state index in [9.17, 15) is 9.59 Å². The minimum absolute atomic E-state index is 0.109. The molecule has 0 bridgehead atoms. The molecule has 182 valence electrons. The average molecular weight is 500 g/mol. The SMILES string of the molecule is CCCCCCN1C(=O)/C(=C/c2c(N3CCN(CC)CC3)nc3ccc(C)cn3c2=O)SC1=S. The Morgan fingerprint density at radius 3 is 2.56 bits per heavy atom. The van der Waals surface area contributed by atoms with Gasteiger partial charge in [-0.05, 0) is 37.6 Å². The van der Waals surface area contributed by atoms with Gasteiger partial charge in [0.25, 0.3) is 11.5 Å². The van der Waals surface area contributed by atoms with Crippen LogP contribution in [0.5, 0.6) is 0 Å². The summed E-state index contributed by atoms with van der Waals surface area (Å²) in [6, 6.07) is 3.84. The molecule has 4 heterocycles. The molecule has 0 unspecified atom stereocenters. The van der Waals surface area contributed by atoms with Crippen molar-refractivity contribution < 1.29 is 4.79 Å². The summed E-state index contributed by atoms with van der Waals surface area (Å²) in [4.78, 5) is 38.4. The number of rotatable bonds is 8. The Balaban J connectivity index is 1.71. The molecule has 2 fully saturated rings. The zero-order chi connectivity index (χ0) is 24.2. The van der Waals surface area contributed by atoms with Gasteiger partial charge in [-0.1, -0.05) is 63.2 Å². The lowest BCUT2D eigenvalue weighted by Gasteiger charge is -2.35. The van der Waals surface area contributed by atoms with Crippen LogP contribution >= 0.6 is 24.0 Å². The summed E-state index contributed by atoms with van der Waals surface area (Å²) < 4.78 is 2.15. The van der Waals surface area contributed by atoms with E-state index in [0.29, 0.717) is 32.8 Å². The number of anilines is 1. The average Bonchev–Trinajstić information content (AvgIpc) is 3.11. The van der Waals surface area contributed by atoms with Gasteiger partial charge in [0, 0.05) is 38.9 Å². The second-order valence-corrected chi connectivity index (χ2v) is 10.6. The van der Waals surface area contributed by atoms with Gasteiger partial charge in [-0.3, -0.25) is 18.9 Å². The fourth-order valence-corrected chi connectivity index (χ4v) is 5.70. The molecule has 0 spiro atoms. The molecule has 2 aliphatic rings. The van der Waals surface area contributed by atoms with Crippen LogP contribution in [-0.4, -0.2) is 68.7 Å². The second kappa shape index (κ2) is 11.0. The largest absolute Gasteiger partial charge is 0.353 e. The zero-order valence-corrected chi connectivity index (χ0v) is 21.9. The standard InChI is InChI=1S/C25H33N5O2S2/c1-4-6-7-8-11-29-24(32)20(34-25(29)33)16-19-22(28-14-12-27(5-2)13-15-28)26-21-10-9-18(3)17-30(21)23(19)31/h9-10,16-17H,4-8,11-15H2,1-3H3/b20-16-. The van der Waals surface area contributed by atoms with Crippen molar-refractivity contribution in [1.29, 1.82) is 0 Å². The van der Waals surface area contributed by atoms with Crippen LogP contribution in [0.4, 0.5) is 5.82 Å². The molecule has 2 aliphatic heterocycles. The van der Waals surface area contributed by atoms with E-state index in [2.05, 4.69) is 23.6 Å². The number of thioether (sulfide) groups is 1. The number of thiocarbonyl (C=S) groups is 1. The van der Waals surface area contributed by atoms with Gasteiger partial charge in [-0.2, -0.15) is 0 Å². The third-order valence-electron chi connectivity index (χ3n) is 6.49. The van der Waals surface area contributed by atoms with Gasteiger partial charge < -0.3 is 9.80 Å². The molecule has 0 atom stereocenters. The number of hydrogen-bond acceptors (Lipinski definition) is 7. The lowest BCUT2D eigenvalue weighted by Crippen LogP contribution is -2.47. The van der Waals surface area contributed by atoms with Crippen molar-refractivity contribution in [2.45, 2.75) is 46.5 Å². The number of amides is 1. The van der Waals surface area contributed by atoms with Gasteiger partial charge in [-0.15, -0.1) is 0 Å². The molecule has 0 radical (unpaired) electrons. The third kappa shape index (κ3) is 5.21. The second-order valence-electron chi connectivity index (χ2n) is 8.90. The van der Waals surface area contributed by atoms with Gasteiger partial charge in [0.05, 0.1) is 10.5 Å². The Hall–Kier alpha value is -2.23. The summed E-state index contributed by atoms with van der Waals surface area (Å²) in [6.07, 6.45) is 7.83. The first kappa shape index (κ1) is 24.9.